The predicted octanol–water partition coefficient (Wildman–Crippen LogP) is -0.715. The fourth-order valence-electron chi connectivity index (χ4n) is 2.10. The molecule has 5 nitrogen and oxygen atoms in total. The molecule has 2 aliphatic carbocycles. The van der Waals surface area contributed by atoms with Gasteiger partial charge in [0.25, 0.3) is 0 Å². The third-order valence-electron chi connectivity index (χ3n) is 2.88. The number of carbonyl (C=O) groups is 2. The SMILES string of the molecule is N[C@@]1(C(=O)O)C=C[C@H]2[C@H](C(=O)O)[C@H]21. The average Bonchev–Trinajstić information content (AvgIpc) is 2.66. The molecule has 0 aliphatic heterocycles. The van der Waals surface area contributed by atoms with E-state index in [1.165, 1.54) is 6.08 Å². The van der Waals surface area contributed by atoms with Gasteiger partial charge in [-0.25, -0.2) is 4.79 Å². The zero-order chi connectivity index (χ0) is 9.80. The van der Waals surface area contributed by atoms with Gasteiger partial charge in [0.1, 0.15) is 5.54 Å². The largest absolute Gasteiger partial charge is 0.481 e. The fourth-order valence-corrected chi connectivity index (χ4v) is 2.10. The van der Waals surface area contributed by atoms with Crippen LogP contribution in [0.5, 0.6) is 0 Å². The normalized spacial score (nSPS) is 45.8. The van der Waals surface area contributed by atoms with Gasteiger partial charge < -0.3 is 15.9 Å². The molecule has 1 fully saturated rings. The lowest BCUT2D eigenvalue weighted by atomic mass is 9.95. The van der Waals surface area contributed by atoms with E-state index >= 15 is 0 Å². The molecule has 2 rings (SSSR count). The van der Waals surface area contributed by atoms with Crippen molar-refractivity contribution in [2.75, 3.05) is 0 Å². The van der Waals surface area contributed by atoms with E-state index in [1.54, 1.807) is 6.08 Å². The van der Waals surface area contributed by atoms with Gasteiger partial charge in [-0.05, 0) is 5.92 Å². The van der Waals surface area contributed by atoms with Gasteiger partial charge >= 0.3 is 11.9 Å². The van der Waals surface area contributed by atoms with E-state index < -0.39 is 29.3 Å². The monoisotopic (exact) mass is 183 g/mol. The first-order valence-corrected chi connectivity index (χ1v) is 3.93. The second-order valence-electron chi connectivity index (χ2n) is 3.56. The van der Waals surface area contributed by atoms with Crippen LogP contribution >= 0.6 is 0 Å². The van der Waals surface area contributed by atoms with Gasteiger partial charge in [0.15, 0.2) is 0 Å². The Balaban J connectivity index is 2.26. The zero-order valence-electron chi connectivity index (χ0n) is 6.68. The lowest BCUT2D eigenvalue weighted by Gasteiger charge is -2.17. The minimum atomic E-state index is -1.46. The number of rotatable bonds is 2. The van der Waals surface area contributed by atoms with Crippen LogP contribution in [-0.2, 0) is 9.59 Å². The first-order chi connectivity index (χ1) is 5.98. The van der Waals surface area contributed by atoms with Crippen LogP contribution < -0.4 is 5.73 Å². The molecule has 0 saturated heterocycles. The Morgan fingerprint density at radius 2 is 2.00 bits per heavy atom. The molecule has 0 heterocycles. The summed E-state index contributed by atoms with van der Waals surface area (Å²) in [5.74, 6) is -3.36. The summed E-state index contributed by atoms with van der Waals surface area (Å²) >= 11 is 0. The van der Waals surface area contributed by atoms with E-state index in [0.29, 0.717) is 0 Å². The fraction of sp³-hybridized carbons (Fsp3) is 0.500. The zero-order valence-corrected chi connectivity index (χ0v) is 6.68. The Morgan fingerprint density at radius 1 is 1.38 bits per heavy atom. The van der Waals surface area contributed by atoms with E-state index in [2.05, 4.69) is 0 Å². The summed E-state index contributed by atoms with van der Waals surface area (Å²) in [5, 5.41) is 17.5. The molecule has 4 atom stereocenters. The van der Waals surface area contributed by atoms with E-state index in [-0.39, 0.29) is 5.92 Å². The molecular formula is C8H9NO4. The number of hydrogen-bond donors (Lipinski definition) is 3. The summed E-state index contributed by atoms with van der Waals surface area (Å²) in [4.78, 5) is 21.4. The van der Waals surface area contributed by atoms with Crippen LogP contribution in [0.3, 0.4) is 0 Å². The van der Waals surface area contributed by atoms with E-state index in [4.69, 9.17) is 15.9 Å². The molecule has 0 spiro atoms. The molecule has 0 aromatic carbocycles. The number of aliphatic carboxylic acids is 2. The van der Waals surface area contributed by atoms with E-state index in [9.17, 15) is 9.59 Å². The van der Waals surface area contributed by atoms with Crippen LogP contribution in [0.1, 0.15) is 0 Å². The average molecular weight is 183 g/mol. The van der Waals surface area contributed by atoms with Crippen molar-refractivity contribution in [3.63, 3.8) is 0 Å². The molecule has 0 aromatic heterocycles. The van der Waals surface area contributed by atoms with Crippen LogP contribution in [0.4, 0.5) is 0 Å². The van der Waals surface area contributed by atoms with Gasteiger partial charge in [-0.2, -0.15) is 0 Å². The molecule has 1 saturated carbocycles. The maximum absolute atomic E-state index is 10.8. The maximum Gasteiger partial charge on any atom is 0.328 e. The minimum absolute atomic E-state index is 0.182. The van der Waals surface area contributed by atoms with Crippen molar-refractivity contribution in [3.05, 3.63) is 12.2 Å². The van der Waals surface area contributed by atoms with Gasteiger partial charge in [0, 0.05) is 5.92 Å². The van der Waals surface area contributed by atoms with Gasteiger partial charge in [0.05, 0.1) is 5.92 Å². The number of carboxylic acids is 2. The van der Waals surface area contributed by atoms with Crippen molar-refractivity contribution in [3.8, 4) is 0 Å². The van der Waals surface area contributed by atoms with E-state index in [0.717, 1.165) is 0 Å². The summed E-state index contributed by atoms with van der Waals surface area (Å²) < 4.78 is 0. The summed E-state index contributed by atoms with van der Waals surface area (Å²) in [5.41, 5.74) is 4.10. The Hall–Kier alpha value is -1.36. The highest BCUT2D eigenvalue weighted by atomic mass is 16.4. The lowest BCUT2D eigenvalue weighted by Crippen LogP contribution is -2.48. The third-order valence-corrected chi connectivity index (χ3v) is 2.88. The molecule has 2 aliphatic rings. The Kier molecular flexibility index (Phi) is 1.34. The van der Waals surface area contributed by atoms with Crippen molar-refractivity contribution in [2.45, 2.75) is 5.54 Å². The second kappa shape index (κ2) is 2.11. The molecule has 0 unspecified atom stereocenters. The molecular weight excluding hydrogens is 174 g/mol. The highest BCUT2D eigenvalue weighted by molar-refractivity contribution is 5.88. The highest BCUT2D eigenvalue weighted by Gasteiger charge is 2.67. The van der Waals surface area contributed by atoms with Gasteiger partial charge in [0.2, 0.25) is 0 Å². The van der Waals surface area contributed by atoms with Crippen molar-refractivity contribution < 1.29 is 19.8 Å². The molecule has 4 N–H and O–H groups in total. The molecule has 0 amide bonds. The van der Waals surface area contributed by atoms with Crippen LogP contribution in [0.15, 0.2) is 12.2 Å². The summed E-state index contributed by atoms with van der Waals surface area (Å²) in [6.07, 6.45) is 2.99. The number of hydrogen-bond acceptors (Lipinski definition) is 3. The molecule has 0 aromatic rings. The van der Waals surface area contributed by atoms with Crippen molar-refractivity contribution in [1.82, 2.24) is 0 Å². The number of fused-ring (bicyclic) bond motifs is 1. The number of allylic oxidation sites excluding steroid dienone is 1. The third kappa shape index (κ3) is 0.846. The molecule has 70 valence electrons. The Labute approximate surface area is 73.8 Å². The predicted molar refractivity (Wildman–Crippen MR) is 41.8 cm³/mol. The van der Waals surface area contributed by atoms with Gasteiger partial charge in [-0.3, -0.25) is 4.79 Å². The molecule has 0 radical (unpaired) electrons. The second-order valence-corrected chi connectivity index (χ2v) is 3.56. The molecule has 13 heavy (non-hydrogen) atoms. The van der Waals surface area contributed by atoms with Crippen LogP contribution in [0.25, 0.3) is 0 Å². The minimum Gasteiger partial charge on any atom is -0.481 e. The standard InChI is InChI=1S/C8H9NO4/c9-8(7(12)13)2-1-3-4(5(3)8)6(10)11/h1-5H,9H2,(H,10,11)(H,12,13)/t3-,4-,5-,8-/m0/s1. The molecule has 0 bridgehead atoms. The first-order valence-electron chi connectivity index (χ1n) is 3.93. The maximum atomic E-state index is 10.8. The van der Waals surface area contributed by atoms with Crippen molar-refractivity contribution in [2.24, 2.45) is 23.5 Å². The number of nitrogens with two attached hydrogens (primary N) is 1. The van der Waals surface area contributed by atoms with Gasteiger partial charge in [-0.1, -0.05) is 12.2 Å². The van der Waals surface area contributed by atoms with Crippen LogP contribution in [0.2, 0.25) is 0 Å². The lowest BCUT2D eigenvalue weighted by molar-refractivity contribution is -0.143. The van der Waals surface area contributed by atoms with Crippen LogP contribution in [-0.4, -0.2) is 27.7 Å². The summed E-state index contributed by atoms with van der Waals surface area (Å²) in [6.45, 7) is 0. The van der Waals surface area contributed by atoms with Crippen LogP contribution in [0, 0.1) is 17.8 Å². The summed E-state index contributed by atoms with van der Waals surface area (Å²) in [7, 11) is 0. The Bertz CT molecular complexity index is 324. The van der Waals surface area contributed by atoms with Gasteiger partial charge in [-0.15, -0.1) is 0 Å². The first kappa shape index (κ1) is 8.25. The number of carboxylic acid groups (broad SMARTS) is 2. The Morgan fingerprint density at radius 3 is 2.38 bits per heavy atom. The quantitative estimate of drug-likeness (QED) is 0.491. The molecule has 5 heteroatoms. The smallest absolute Gasteiger partial charge is 0.328 e. The summed E-state index contributed by atoms with van der Waals surface area (Å²) in [6, 6.07) is 0. The topological polar surface area (TPSA) is 101 Å². The van der Waals surface area contributed by atoms with Crippen molar-refractivity contribution >= 4 is 11.9 Å². The highest BCUT2D eigenvalue weighted by Crippen LogP contribution is 2.57. The van der Waals surface area contributed by atoms with E-state index in [1.807, 2.05) is 0 Å². The van der Waals surface area contributed by atoms with Crippen molar-refractivity contribution in [1.29, 1.82) is 0 Å².